The molecule has 186 valence electrons. The molecule has 2 bridgehead atoms. The summed E-state index contributed by atoms with van der Waals surface area (Å²) >= 11 is 1.60. The average Bonchev–Trinajstić information content (AvgIpc) is 3.66. The third kappa shape index (κ3) is 3.72. The van der Waals surface area contributed by atoms with Crippen LogP contribution in [0.1, 0.15) is 44.9 Å². The topological polar surface area (TPSA) is 58.0 Å². The molecular formula is C28H37N4O2S+. The van der Waals surface area contributed by atoms with Crippen molar-refractivity contribution >= 4 is 39.3 Å². The lowest BCUT2D eigenvalue weighted by Gasteiger charge is -2.38. The number of rotatable bonds is 5. The summed E-state index contributed by atoms with van der Waals surface area (Å²) in [6.45, 7) is 6.27. The van der Waals surface area contributed by atoms with Crippen LogP contribution >= 0.6 is 11.5 Å². The molecule has 3 heterocycles. The standard InChI is InChI=1S/C28H36N4O2S/c33-27-24-18-9-10-19(15-18)25(24)28(34)32(27)17-21-6-2-1-5-20(21)16-30-11-13-31(14-12-30)26-22-7-3-4-8-23(22)35-29-26/h3-4,7-8,18-21,24-25H,1-2,5-6,9-17H2/p+1/t18-,19+,20?,21-,24+,25-/m0/s1. The molecule has 1 aromatic heterocycles. The van der Waals surface area contributed by atoms with E-state index in [0.717, 1.165) is 51.3 Å². The number of nitrogens with zero attached hydrogens (tertiary/aromatic N) is 3. The highest BCUT2D eigenvalue weighted by molar-refractivity contribution is 7.13. The van der Waals surface area contributed by atoms with Crippen LogP contribution in [0.25, 0.3) is 10.1 Å². The van der Waals surface area contributed by atoms with E-state index >= 15 is 0 Å². The van der Waals surface area contributed by atoms with Crippen LogP contribution in [0.15, 0.2) is 24.3 Å². The van der Waals surface area contributed by atoms with E-state index in [9.17, 15) is 9.59 Å². The van der Waals surface area contributed by atoms with Gasteiger partial charge in [0, 0.05) is 17.8 Å². The Morgan fingerprint density at radius 3 is 2.34 bits per heavy atom. The Morgan fingerprint density at radius 2 is 1.60 bits per heavy atom. The van der Waals surface area contributed by atoms with Gasteiger partial charge in [-0.2, -0.15) is 4.37 Å². The third-order valence-electron chi connectivity index (χ3n) is 10.2. The lowest BCUT2D eigenvalue weighted by atomic mass is 9.78. The number of piperazine rings is 1. The summed E-state index contributed by atoms with van der Waals surface area (Å²) in [5.74, 6) is 3.69. The number of imide groups is 1. The first-order valence-electron chi connectivity index (χ1n) is 14.0. The van der Waals surface area contributed by atoms with E-state index in [1.807, 2.05) is 0 Å². The van der Waals surface area contributed by atoms with Crippen LogP contribution in [0.4, 0.5) is 5.82 Å². The zero-order valence-electron chi connectivity index (χ0n) is 20.5. The number of amides is 2. The van der Waals surface area contributed by atoms with Crippen molar-refractivity contribution in [1.82, 2.24) is 9.27 Å². The first-order chi connectivity index (χ1) is 17.2. The normalized spacial score (nSPS) is 35.4. The van der Waals surface area contributed by atoms with E-state index in [2.05, 4.69) is 29.2 Å². The molecule has 0 spiro atoms. The monoisotopic (exact) mass is 493 g/mol. The molecule has 1 N–H and O–H groups in total. The highest BCUT2D eigenvalue weighted by Gasteiger charge is 2.61. The van der Waals surface area contributed by atoms with Gasteiger partial charge in [-0.3, -0.25) is 14.5 Å². The molecule has 3 saturated carbocycles. The molecule has 35 heavy (non-hydrogen) atoms. The Bertz CT molecular complexity index is 1100. The summed E-state index contributed by atoms with van der Waals surface area (Å²) in [5.41, 5.74) is 0. The van der Waals surface area contributed by atoms with Crippen molar-refractivity contribution in [2.24, 2.45) is 35.5 Å². The van der Waals surface area contributed by atoms with Crippen molar-refractivity contribution in [1.29, 1.82) is 0 Å². The van der Waals surface area contributed by atoms with Gasteiger partial charge >= 0.3 is 0 Å². The highest BCUT2D eigenvalue weighted by atomic mass is 32.1. The molecular weight excluding hydrogens is 456 g/mol. The molecule has 7 rings (SSSR count). The Morgan fingerprint density at radius 1 is 0.914 bits per heavy atom. The molecule has 1 unspecified atom stereocenters. The molecule has 1 aromatic carbocycles. The van der Waals surface area contributed by atoms with Crippen molar-refractivity contribution in [3.63, 3.8) is 0 Å². The molecule has 5 aliphatic rings. The van der Waals surface area contributed by atoms with E-state index in [1.54, 1.807) is 21.3 Å². The zero-order chi connectivity index (χ0) is 23.5. The summed E-state index contributed by atoms with van der Waals surface area (Å²) in [6, 6.07) is 8.56. The van der Waals surface area contributed by atoms with Gasteiger partial charge in [0.15, 0.2) is 5.82 Å². The van der Waals surface area contributed by atoms with E-state index < -0.39 is 0 Å². The van der Waals surface area contributed by atoms with Crippen LogP contribution in [-0.4, -0.2) is 60.4 Å². The first kappa shape index (κ1) is 22.2. The average molecular weight is 494 g/mol. The molecule has 7 heteroatoms. The second-order valence-corrected chi connectivity index (χ2v) is 12.7. The van der Waals surface area contributed by atoms with Crippen LogP contribution < -0.4 is 9.80 Å². The van der Waals surface area contributed by atoms with Gasteiger partial charge in [-0.1, -0.05) is 25.0 Å². The summed E-state index contributed by atoms with van der Waals surface area (Å²) in [5, 5.41) is 1.28. The van der Waals surface area contributed by atoms with E-state index in [0.29, 0.717) is 30.2 Å². The number of anilines is 1. The predicted molar refractivity (Wildman–Crippen MR) is 137 cm³/mol. The van der Waals surface area contributed by atoms with Crippen molar-refractivity contribution in [2.45, 2.75) is 44.9 Å². The van der Waals surface area contributed by atoms with Gasteiger partial charge in [0.05, 0.1) is 49.3 Å². The maximum absolute atomic E-state index is 13.3. The number of carbonyl (C=O) groups excluding carboxylic acids is 2. The fourth-order valence-electron chi connectivity index (χ4n) is 8.39. The molecule has 2 saturated heterocycles. The number of nitrogens with one attached hydrogen (secondary N) is 1. The Hall–Kier alpha value is -1.99. The predicted octanol–water partition coefficient (Wildman–Crippen LogP) is 2.84. The minimum atomic E-state index is 0.0313. The first-order valence-corrected chi connectivity index (χ1v) is 14.7. The molecule has 3 aliphatic carbocycles. The van der Waals surface area contributed by atoms with Crippen LogP contribution in [-0.2, 0) is 9.59 Å². The number of benzene rings is 1. The molecule has 2 aliphatic heterocycles. The van der Waals surface area contributed by atoms with Crippen molar-refractivity contribution in [3.8, 4) is 0 Å². The minimum Gasteiger partial charge on any atom is -0.344 e. The Balaban J connectivity index is 0.986. The smallest absolute Gasteiger partial charge is 0.233 e. The van der Waals surface area contributed by atoms with Crippen molar-refractivity contribution < 1.29 is 14.5 Å². The van der Waals surface area contributed by atoms with Crippen LogP contribution in [0.5, 0.6) is 0 Å². The van der Waals surface area contributed by atoms with Gasteiger partial charge in [0.25, 0.3) is 0 Å². The number of fused-ring (bicyclic) bond motifs is 6. The van der Waals surface area contributed by atoms with E-state index in [4.69, 9.17) is 4.37 Å². The van der Waals surface area contributed by atoms with Crippen molar-refractivity contribution in [3.05, 3.63) is 24.3 Å². The summed E-state index contributed by atoms with van der Waals surface area (Å²) in [4.78, 5) is 32.5. The number of quaternary nitrogens is 1. The third-order valence-corrected chi connectivity index (χ3v) is 11.0. The zero-order valence-corrected chi connectivity index (χ0v) is 21.3. The molecule has 6 atom stereocenters. The lowest BCUT2D eigenvalue weighted by molar-refractivity contribution is -0.904. The molecule has 6 nitrogen and oxygen atoms in total. The Kier molecular flexibility index (Phi) is 5.61. The molecule has 5 fully saturated rings. The number of likely N-dealkylation sites (tertiary alicyclic amines) is 1. The molecule has 2 aromatic rings. The van der Waals surface area contributed by atoms with Gasteiger partial charge < -0.3 is 9.80 Å². The van der Waals surface area contributed by atoms with Crippen LogP contribution in [0, 0.1) is 35.5 Å². The SMILES string of the molecule is O=C1[C@@H]2[C@H]3CC[C@H](C3)[C@@H]2C(=O)N1C[C@@H]1CCCCC1C[NH+]1CCN(c2nsc3ccccc23)CC1. The maximum atomic E-state index is 13.3. The number of aromatic nitrogens is 1. The van der Waals surface area contributed by atoms with Gasteiger partial charge in [-0.25, -0.2) is 0 Å². The second-order valence-electron chi connectivity index (χ2n) is 11.9. The summed E-state index contributed by atoms with van der Waals surface area (Å²) in [6.07, 6.45) is 8.42. The minimum absolute atomic E-state index is 0.0313. The summed E-state index contributed by atoms with van der Waals surface area (Å²) < 4.78 is 6.04. The van der Waals surface area contributed by atoms with Crippen LogP contribution in [0.2, 0.25) is 0 Å². The van der Waals surface area contributed by atoms with Crippen molar-refractivity contribution in [2.75, 3.05) is 44.2 Å². The van der Waals surface area contributed by atoms with Crippen LogP contribution in [0.3, 0.4) is 0 Å². The maximum Gasteiger partial charge on any atom is 0.233 e. The number of hydrogen-bond acceptors (Lipinski definition) is 5. The fraction of sp³-hybridized carbons (Fsp3) is 0.679. The highest BCUT2D eigenvalue weighted by Crippen LogP contribution is 2.56. The Labute approximate surface area is 211 Å². The number of hydrogen-bond donors (Lipinski definition) is 1. The van der Waals surface area contributed by atoms with Gasteiger partial charge in [0.2, 0.25) is 11.8 Å². The lowest BCUT2D eigenvalue weighted by Crippen LogP contribution is -3.15. The quantitative estimate of drug-likeness (QED) is 0.651. The van der Waals surface area contributed by atoms with E-state index in [1.165, 1.54) is 42.3 Å². The van der Waals surface area contributed by atoms with Gasteiger partial charge in [-0.05, 0) is 73.5 Å². The van der Waals surface area contributed by atoms with E-state index in [-0.39, 0.29) is 23.7 Å². The second kappa shape index (κ2) is 8.84. The van der Waals surface area contributed by atoms with Gasteiger partial charge in [-0.15, -0.1) is 0 Å². The fourth-order valence-corrected chi connectivity index (χ4v) is 9.18. The molecule has 0 radical (unpaired) electrons. The summed E-state index contributed by atoms with van der Waals surface area (Å²) in [7, 11) is 0. The number of carbonyl (C=O) groups is 2. The van der Waals surface area contributed by atoms with Gasteiger partial charge in [0.1, 0.15) is 0 Å². The molecule has 2 amide bonds. The largest absolute Gasteiger partial charge is 0.344 e.